The van der Waals surface area contributed by atoms with E-state index in [1.807, 2.05) is 11.7 Å². The van der Waals surface area contributed by atoms with E-state index < -0.39 is 0 Å². The highest BCUT2D eigenvalue weighted by molar-refractivity contribution is 4.99. The van der Waals surface area contributed by atoms with Gasteiger partial charge in [0.15, 0.2) is 0 Å². The summed E-state index contributed by atoms with van der Waals surface area (Å²) in [5.41, 5.74) is 0.278. The Labute approximate surface area is 121 Å². The second-order valence-corrected chi connectivity index (χ2v) is 7.46. The maximum atomic E-state index is 4.40. The van der Waals surface area contributed by atoms with Crippen molar-refractivity contribution in [1.82, 2.24) is 25.0 Å². The van der Waals surface area contributed by atoms with Gasteiger partial charge in [0.05, 0.1) is 6.54 Å². The Morgan fingerprint density at radius 1 is 1.35 bits per heavy atom. The van der Waals surface area contributed by atoms with Crippen molar-refractivity contribution in [1.29, 1.82) is 0 Å². The molecule has 1 saturated carbocycles. The van der Waals surface area contributed by atoms with E-state index in [0.717, 1.165) is 31.4 Å². The Balaban J connectivity index is 1.75. The van der Waals surface area contributed by atoms with Crippen molar-refractivity contribution in [3.8, 4) is 0 Å². The fourth-order valence-corrected chi connectivity index (χ4v) is 3.32. The number of hydrogen-bond acceptors (Lipinski definition) is 4. The van der Waals surface area contributed by atoms with Crippen molar-refractivity contribution in [3.05, 3.63) is 12.2 Å². The van der Waals surface area contributed by atoms with Crippen molar-refractivity contribution in [2.75, 3.05) is 13.1 Å². The molecule has 2 atom stereocenters. The molecule has 1 saturated heterocycles. The molecule has 0 aromatic carbocycles. The summed E-state index contributed by atoms with van der Waals surface area (Å²) in [4.78, 5) is 7.02. The van der Waals surface area contributed by atoms with Crippen LogP contribution in [-0.2, 0) is 13.6 Å². The Kier molecular flexibility index (Phi) is 3.58. The number of hydrogen-bond donors (Lipinski definition) is 1. The molecule has 1 aromatic rings. The second-order valence-electron chi connectivity index (χ2n) is 7.46. The third-order valence-electron chi connectivity index (χ3n) is 4.79. The fraction of sp³-hybridized carbons (Fsp3) is 0.867. The van der Waals surface area contributed by atoms with Crippen LogP contribution >= 0.6 is 0 Å². The summed E-state index contributed by atoms with van der Waals surface area (Å²) in [7, 11) is 1.98. The average molecular weight is 277 g/mol. The monoisotopic (exact) mass is 277 g/mol. The van der Waals surface area contributed by atoms with Gasteiger partial charge in [-0.3, -0.25) is 9.58 Å². The van der Waals surface area contributed by atoms with Gasteiger partial charge in [0.2, 0.25) is 0 Å². The first kappa shape index (κ1) is 14.0. The molecule has 5 heteroatoms. The Bertz CT molecular complexity index is 457. The van der Waals surface area contributed by atoms with Crippen LogP contribution in [0.2, 0.25) is 0 Å². The van der Waals surface area contributed by atoms with Crippen molar-refractivity contribution in [2.24, 2.45) is 18.4 Å². The van der Waals surface area contributed by atoms with Gasteiger partial charge in [-0.25, -0.2) is 4.98 Å². The zero-order valence-electron chi connectivity index (χ0n) is 13.1. The minimum atomic E-state index is 0.278. The normalized spacial score (nSPS) is 28.8. The maximum absolute atomic E-state index is 4.40. The smallest absolute Gasteiger partial charge is 0.140 e. The van der Waals surface area contributed by atoms with Crippen LogP contribution in [0, 0.1) is 11.3 Å². The lowest BCUT2D eigenvalue weighted by atomic mass is 9.83. The first-order chi connectivity index (χ1) is 9.45. The lowest BCUT2D eigenvalue weighted by Crippen LogP contribution is -2.60. The lowest BCUT2D eigenvalue weighted by Gasteiger charge is -2.46. The first-order valence-corrected chi connectivity index (χ1v) is 7.75. The average Bonchev–Trinajstić information content (AvgIpc) is 3.14. The SMILES string of the molecule is Cn1ncnc1CN1CC(C2CC2)NCC1C(C)(C)C. The molecule has 20 heavy (non-hydrogen) atoms. The van der Waals surface area contributed by atoms with E-state index in [0.29, 0.717) is 12.1 Å². The molecule has 0 bridgehead atoms. The number of aryl methyl sites for hydroxylation is 1. The third-order valence-corrected chi connectivity index (χ3v) is 4.79. The number of aromatic nitrogens is 3. The van der Waals surface area contributed by atoms with Gasteiger partial charge in [0, 0.05) is 32.2 Å². The molecule has 1 N–H and O–H groups in total. The zero-order valence-corrected chi connectivity index (χ0v) is 13.1. The topological polar surface area (TPSA) is 46.0 Å². The predicted molar refractivity (Wildman–Crippen MR) is 79.2 cm³/mol. The minimum Gasteiger partial charge on any atom is -0.311 e. The third kappa shape index (κ3) is 2.88. The molecule has 112 valence electrons. The summed E-state index contributed by atoms with van der Waals surface area (Å²) >= 11 is 0. The minimum absolute atomic E-state index is 0.278. The van der Waals surface area contributed by atoms with Gasteiger partial charge >= 0.3 is 0 Å². The van der Waals surface area contributed by atoms with Crippen molar-refractivity contribution in [3.63, 3.8) is 0 Å². The van der Waals surface area contributed by atoms with Crippen LogP contribution in [-0.4, -0.2) is 44.8 Å². The summed E-state index contributed by atoms with van der Waals surface area (Å²) < 4.78 is 1.90. The molecule has 0 radical (unpaired) electrons. The second kappa shape index (κ2) is 5.11. The first-order valence-electron chi connectivity index (χ1n) is 7.75. The fourth-order valence-electron chi connectivity index (χ4n) is 3.32. The standard InChI is InChI=1S/C15H27N5/c1-15(2,3)13-7-16-12(11-5-6-11)8-20(13)9-14-17-10-18-19(14)4/h10-13,16H,5-9H2,1-4H3. The molecule has 0 spiro atoms. The molecule has 2 unspecified atom stereocenters. The van der Waals surface area contributed by atoms with E-state index in [1.165, 1.54) is 12.8 Å². The molecule has 0 amide bonds. The Morgan fingerprint density at radius 2 is 2.10 bits per heavy atom. The quantitative estimate of drug-likeness (QED) is 0.907. The van der Waals surface area contributed by atoms with E-state index in [2.05, 4.69) is 41.1 Å². The molecule has 2 aliphatic rings. The van der Waals surface area contributed by atoms with Crippen molar-refractivity contribution in [2.45, 2.75) is 52.2 Å². The van der Waals surface area contributed by atoms with E-state index >= 15 is 0 Å². The highest BCUT2D eigenvalue weighted by Crippen LogP contribution is 2.36. The van der Waals surface area contributed by atoms with Gasteiger partial charge in [-0.2, -0.15) is 5.10 Å². The van der Waals surface area contributed by atoms with Crippen LogP contribution in [0.25, 0.3) is 0 Å². The van der Waals surface area contributed by atoms with Gasteiger partial charge in [0.25, 0.3) is 0 Å². The van der Waals surface area contributed by atoms with Gasteiger partial charge < -0.3 is 5.32 Å². The number of rotatable bonds is 3. The van der Waals surface area contributed by atoms with Crippen LogP contribution in [0.15, 0.2) is 6.33 Å². The van der Waals surface area contributed by atoms with E-state index in [-0.39, 0.29) is 5.41 Å². The van der Waals surface area contributed by atoms with Gasteiger partial charge in [-0.1, -0.05) is 20.8 Å². The molecule has 1 aromatic heterocycles. The molecule has 1 aliphatic carbocycles. The summed E-state index contributed by atoms with van der Waals surface area (Å²) in [6.07, 6.45) is 4.45. The predicted octanol–water partition coefficient (Wildman–Crippen LogP) is 1.41. The van der Waals surface area contributed by atoms with Crippen LogP contribution in [0.1, 0.15) is 39.4 Å². The van der Waals surface area contributed by atoms with Gasteiger partial charge in [-0.15, -0.1) is 0 Å². The summed E-state index contributed by atoms with van der Waals surface area (Å²) in [5.74, 6) is 1.97. The van der Waals surface area contributed by atoms with Crippen LogP contribution < -0.4 is 5.32 Å². The number of nitrogens with zero attached hydrogens (tertiary/aromatic N) is 4. The molecular formula is C15H27N5. The molecule has 2 fully saturated rings. The van der Waals surface area contributed by atoms with Crippen LogP contribution in [0.5, 0.6) is 0 Å². The highest BCUT2D eigenvalue weighted by atomic mass is 15.3. The lowest BCUT2D eigenvalue weighted by molar-refractivity contribution is 0.0421. The van der Waals surface area contributed by atoms with Crippen molar-refractivity contribution < 1.29 is 0 Å². The summed E-state index contributed by atoms with van der Waals surface area (Å²) in [6.45, 7) is 10.1. The zero-order chi connectivity index (χ0) is 14.3. The summed E-state index contributed by atoms with van der Waals surface area (Å²) in [6, 6.07) is 1.22. The van der Waals surface area contributed by atoms with E-state index in [4.69, 9.17) is 0 Å². The van der Waals surface area contributed by atoms with Crippen molar-refractivity contribution >= 4 is 0 Å². The van der Waals surface area contributed by atoms with Gasteiger partial charge in [0.1, 0.15) is 12.2 Å². The highest BCUT2D eigenvalue weighted by Gasteiger charge is 2.40. The molecule has 3 rings (SSSR count). The largest absolute Gasteiger partial charge is 0.311 e. The molecule has 2 heterocycles. The van der Waals surface area contributed by atoms with E-state index in [9.17, 15) is 0 Å². The molecule has 1 aliphatic heterocycles. The van der Waals surface area contributed by atoms with Gasteiger partial charge in [-0.05, 0) is 24.2 Å². The van der Waals surface area contributed by atoms with Crippen LogP contribution in [0.3, 0.4) is 0 Å². The summed E-state index contributed by atoms with van der Waals surface area (Å²) in [5, 5.41) is 7.98. The maximum Gasteiger partial charge on any atom is 0.140 e. The molecular weight excluding hydrogens is 250 g/mol. The van der Waals surface area contributed by atoms with E-state index in [1.54, 1.807) is 6.33 Å². The number of nitrogens with one attached hydrogen (secondary N) is 1. The Hall–Kier alpha value is -0.940. The van der Waals surface area contributed by atoms with Crippen LogP contribution in [0.4, 0.5) is 0 Å². The number of piperazine rings is 1. The molecule has 5 nitrogen and oxygen atoms in total. The Morgan fingerprint density at radius 3 is 2.65 bits per heavy atom.